The zero-order chi connectivity index (χ0) is 8.81. The second-order valence-electron chi connectivity index (χ2n) is 3.04. The zero-order valence-corrected chi connectivity index (χ0v) is 8.66. The smallest absolute Gasteiger partial charge is 0.0386 e. The Hall–Kier alpha value is -0.340. The van der Waals surface area contributed by atoms with Crippen LogP contribution in [0.5, 0.6) is 0 Å². The Morgan fingerprint density at radius 2 is 2.42 bits per heavy atom. The Balaban J connectivity index is 2.25. The average Bonchev–Trinajstić information content (AvgIpc) is 2.56. The molecular weight excluding hydrogens is 166 g/mol. The second-order valence-corrected chi connectivity index (χ2v) is 4.02. The summed E-state index contributed by atoms with van der Waals surface area (Å²) in [6.07, 6.45) is 2.54. The fourth-order valence-corrected chi connectivity index (χ4v) is 1.89. The Bertz CT molecular complexity index is 194. The van der Waals surface area contributed by atoms with Crippen molar-refractivity contribution in [1.82, 2.24) is 5.32 Å². The van der Waals surface area contributed by atoms with E-state index in [0.29, 0.717) is 6.04 Å². The van der Waals surface area contributed by atoms with Crippen LogP contribution in [0.3, 0.4) is 0 Å². The maximum atomic E-state index is 3.50. The number of unbranched alkanes of at least 4 members (excludes halogenated alkanes) is 1. The van der Waals surface area contributed by atoms with Crippen LogP contribution < -0.4 is 5.32 Å². The monoisotopic (exact) mass is 183 g/mol. The molecule has 0 aliphatic rings. The lowest BCUT2D eigenvalue weighted by Crippen LogP contribution is -2.18. The lowest BCUT2D eigenvalue weighted by molar-refractivity contribution is 0.561. The molecule has 0 fully saturated rings. The van der Waals surface area contributed by atoms with Gasteiger partial charge in [-0.3, -0.25) is 0 Å². The van der Waals surface area contributed by atoms with Gasteiger partial charge in [0, 0.05) is 10.9 Å². The van der Waals surface area contributed by atoms with E-state index in [4.69, 9.17) is 0 Å². The molecule has 0 aromatic carbocycles. The SMILES string of the molecule is CCCCN[C@@H](C)c1cccs1. The van der Waals surface area contributed by atoms with Crippen LogP contribution in [0, 0.1) is 0 Å². The van der Waals surface area contributed by atoms with Crippen molar-refractivity contribution >= 4 is 11.3 Å². The van der Waals surface area contributed by atoms with Crippen LogP contribution in [0.15, 0.2) is 17.5 Å². The first kappa shape index (κ1) is 9.75. The molecular formula is C10H17NS. The summed E-state index contributed by atoms with van der Waals surface area (Å²) in [6.45, 7) is 5.58. The van der Waals surface area contributed by atoms with E-state index in [0.717, 1.165) is 6.54 Å². The number of nitrogens with one attached hydrogen (secondary N) is 1. The number of hydrogen-bond acceptors (Lipinski definition) is 2. The van der Waals surface area contributed by atoms with E-state index >= 15 is 0 Å². The van der Waals surface area contributed by atoms with E-state index in [1.807, 2.05) is 11.3 Å². The lowest BCUT2D eigenvalue weighted by Gasteiger charge is -2.10. The van der Waals surface area contributed by atoms with Gasteiger partial charge in [-0.2, -0.15) is 0 Å². The molecule has 1 aromatic heterocycles. The standard InChI is InChI=1S/C10H17NS/c1-3-4-7-11-9(2)10-6-5-8-12-10/h5-6,8-9,11H,3-4,7H2,1-2H3/t9-/m0/s1. The summed E-state index contributed by atoms with van der Waals surface area (Å²) in [7, 11) is 0. The molecule has 0 amide bonds. The van der Waals surface area contributed by atoms with Crippen molar-refractivity contribution in [3.8, 4) is 0 Å². The van der Waals surface area contributed by atoms with Gasteiger partial charge in [-0.15, -0.1) is 11.3 Å². The van der Waals surface area contributed by atoms with E-state index in [-0.39, 0.29) is 0 Å². The van der Waals surface area contributed by atoms with Crippen molar-refractivity contribution in [3.05, 3.63) is 22.4 Å². The van der Waals surface area contributed by atoms with Crippen LogP contribution in [-0.2, 0) is 0 Å². The van der Waals surface area contributed by atoms with Gasteiger partial charge in [0.25, 0.3) is 0 Å². The third kappa shape index (κ3) is 2.95. The van der Waals surface area contributed by atoms with Gasteiger partial charge in [0.15, 0.2) is 0 Å². The summed E-state index contributed by atoms with van der Waals surface area (Å²) in [5.41, 5.74) is 0. The summed E-state index contributed by atoms with van der Waals surface area (Å²) < 4.78 is 0. The molecule has 0 radical (unpaired) electrons. The summed E-state index contributed by atoms with van der Waals surface area (Å²) in [5, 5.41) is 5.63. The molecule has 1 rings (SSSR count). The van der Waals surface area contributed by atoms with Crippen molar-refractivity contribution in [3.63, 3.8) is 0 Å². The van der Waals surface area contributed by atoms with Crippen LogP contribution in [0.1, 0.15) is 37.6 Å². The molecule has 1 aromatic rings. The molecule has 1 heterocycles. The average molecular weight is 183 g/mol. The highest BCUT2D eigenvalue weighted by atomic mass is 32.1. The molecule has 0 saturated heterocycles. The quantitative estimate of drug-likeness (QED) is 0.691. The van der Waals surface area contributed by atoms with E-state index in [1.165, 1.54) is 17.7 Å². The van der Waals surface area contributed by atoms with Crippen molar-refractivity contribution < 1.29 is 0 Å². The number of rotatable bonds is 5. The summed E-state index contributed by atoms with van der Waals surface area (Å²) >= 11 is 1.83. The van der Waals surface area contributed by atoms with E-state index in [2.05, 4.69) is 36.7 Å². The highest BCUT2D eigenvalue weighted by Crippen LogP contribution is 2.17. The molecule has 0 saturated carbocycles. The molecule has 0 aliphatic carbocycles. The largest absolute Gasteiger partial charge is 0.309 e. The fourth-order valence-electron chi connectivity index (χ4n) is 1.13. The molecule has 0 aliphatic heterocycles. The molecule has 1 atom stereocenters. The Morgan fingerprint density at radius 3 is 3.00 bits per heavy atom. The minimum absolute atomic E-state index is 0.525. The Kier molecular flexibility index (Phi) is 4.33. The summed E-state index contributed by atoms with van der Waals surface area (Å²) in [4.78, 5) is 1.44. The molecule has 1 nitrogen and oxygen atoms in total. The molecule has 12 heavy (non-hydrogen) atoms. The molecule has 1 N–H and O–H groups in total. The summed E-state index contributed by atoms with van der Waals surface area (Å²) in [6, 6.07) is 4.82. The molecule has 68 valence electrons. The van der Waals surface area contributed by atoms with Crippen molar-refractivity contribution in [2.45, 2.75) is 32.7 Å². The predicted molar refractivity (Wildman–Crippen MR) is 55.6 cm³/mol. The van der Waals surface area contributed by atoms with E-state index in [1.54, 1.807) is 0 Å². The van der Waals surface area contributed by atoms with Crippen LogP contribution in [-0.4, -0.2) is 6.54 Å². The number of thiophene rings is 1. The first-order chi connectivity index (χ1) is 5.84. The first-order valence-corrected chi connectivity index (χ1v) is 5.49. The fraction of sp³-hybridized carbons (Fsp3) is 0.600. The molecule has 0 spiro atoms. The first-order valence-electron chi connectivity index (χ1n) is 4.61. The summed E-state index contributed by atoms with van der Waals surface area (Å²) in [5.74, 6) is 0. The van der Waals surface area contributed by atoms with Crippen LogP contribution in [0.2, 0.25) is 0 Å². The van der Waals surface area contributed by atoms with E-state index < -0.39 is 0 Å². The van der Waals surface area contributed by atoms with Crippen LogP contribution >= 0.6 is 11.3 Å². The van der Waals surface area contributed by atoms with Crippen molar-refractivity contribution in [2.75, 3.05) is 6.54 Å². The van der Waals surface area contributed by atoms with Gasteiger partial charge in [-0.1, -0.05) is 19.4 Å². The minimum atomic E-state index is 0.525. The van der Waals surface area contributed by atoms with Gasteiger partial charge in [0.1, 0.15) is 0 Å². The topological polar surface area (TPSA) is 12.0 Å². The van der Waals surface area contributed by atoms with Gasteiger partial charge in [0.05, 0.1) is 0 Å². The zero-order valence-electron chi connectivity index (χ0n) is 7.84. The minimum Gasteiger partial charge on any atom is -0.309 e. The Labute approximate surface area is 78.8 Å². The van der Waals surface area contributed by atoms with Gasteiger partial charge in [-0.25, -0.2) is 0 Å². The highest BCUT2D eigenvalue weighted by Gasteiger charge is 2.03. The van der Waals surface area contributed by atoms with Gasteiger partial charge in [0.2, 0.25) is 0 Å². The van der Waals surface area contributed by atoms with Gasteiger partial charge >= 0.3 is 0 Å². The molecule has 0 bridgehead atoms. The van der Waals surface area contributed by atoms with Gasteiger partial charge < -0.3 is 5.32 Å². The van der Waals surface area contributed by atoms with Crippen LogP contribution in [0.25, 0.3) is 0 Å². The van der Waals surface area contributed by atoms with Crippen molar-refractivity contribution in [2.24, 2.45) is 0 Å². The van der Waals surface area contributed by atoms with Crippen molar-refractivity contribution in [1.29, 1.82) is 0 Å². The van der Waals surface area contributed by atoms with Crippen LogP contribution in [0.4, 0.5) is 0 Å². The third-order valence-electron chi connectivity index (χ3n) is 1.95. The predicted octanol–water partition coefficient (Wildman–Crippen LogP) is 3.20. The Morgan fingerprint density at radius 1 is 1.58 bits per heavy atom. The van der Waals surface area contributed by atoms with E-state index in [9.17, 15) is 0 Å². The van der Waals surface area contributed by atoms with Gasteiger partial charge in [-0.05, 0) is 31.3 Å². The number of hydrogen-bond donors (Lipinski definition) is 1. The third-order valence-corrected chi connectivity index (χ3v) is 3.01. The highest BCUT2D eigenvalue weighted by molar-refractivity contribution is 7.10. The molecule has 0 unspecified atom stereocenters. The maximum absolute atomic E-state index is 3.50. The molecule has 2 heteroatoms. The lowest BCUT2D eigenvalue weighted by atomic mass is 10.2. The second kappa shape index (κ2) is 5.33. The normalized spacial score (nSPS) is 13.2. The maximum Gasteiger partial charge on any atom is 0.0386 e.